The number of carbonyl (C=O) groups excluding carboxylic acids is 2. The van der Waals surface area contributed by atoms with Crippen molar-refractivity contribution in [2.45, 2.75) is 25.7 Å². The fourth-order valence-electron chi connectivity index (χ4n) is 3.94. The molecule has 2 heterocycles. The Morgan fingerprint density at radius 2 is 1.87 bits per heavy atom. The van der Waals surface area contributed by atoms with Crippen LogP contribution in [0.2, 0.25) is 5.02 Å². The third-order valence-corrected chi connectivity index (χ3v) is 5.96. The van der Waals surface area contributed by atoms with E-state index in [1.807, 2.05) is 47.5 Å². The van der Waals surface area contributed by atoms with Gasteiger partial charge in [0.25, 0.3) is 0 Å². The number of aromatic amines is 1. The number of nitrogens with zero attached hydrogens (tertiary/aromatic N) is 1. The fourth-order valence-corrected chi connectivity index (χ4v) is 4.07. The average Bonchev–Trinajstić information content (AvgIpc) is 3.23. The van der Waals surface area contributed by atoms with Crippen LogP contribution in [0.15, 0.2) is 60.8 Å². The number of halogens is 1. The summed E-state index contributed by atoms with van der Waals surface area (Å²) in [5.41, 5.74) is 4.72. The highest BCUT2D eigenvalue weighted by Crippen LogP contribution is 2.29. The predicted molar refractivity (Wildman–Crippen MR) is 125 cm³/mol. The van der Waals surface area contributed by atoms with E-state index in [9.17, 15) is 9.59 Å². The van der Waals surface area contributed by atoms with Gasteiger partial charge in [-0.2, -0.15) is 0 Å². The Morgan fingerprint density at radius 3 is 2.65 bits per heavy atom. The van der Waals surface area contributed by atoms with Gasteiger partial charge in [-0.1, -0.05) is 48.0 Å². The van der Waals surface area contributed by atoms with Crippen LogP contribution in [0.4, 0.5) is 0 Å². The zero-order valence-corrected chi connectivity index (χ0v) is 18.1. The molecular formula is C25H26ClN3O2. The predicted octanol–water partition coefficient (Wildman–Crippen LogP) is 4.58. The number of aromatic nitrogens is 1. The molecule has 0 spiro atoms. The Bertz CT molecular complexity index is 1100. The van der Waals surface area contributed by atoms with Crippen molar-refractivity contribution in [1.29, 1.82) is 0 Å². The number of rotatable bonds is 7. The van der Waals surface area contributed by atoms with Crippen molar-refractivity contribution < 1.29 is 9.59 Å². The Kier molecular flexibility index (Phi) is 6.73. The number of para-hydroxylation sites is 1. The van der Waals surface area contributed by atoms with E-state index in [0.717, 1.165) is 23.9 Å². The lowest BCUT2D eigenvalue weighted by molar-refractivity contribution is -0.133. The van der Waals surface area contributed by atoms with Crippen molar-refractivity contribution in [3.05, 3.63) is 77.0 Å². The van der Waals surface area contributed by atoms with Crippen LogP contribution in [0.25, 0.3) is 16.5 Å². The molecule has 160 valence electrons. The third-order valence-electron chi connectivity index (χ3n) is 5.71. The van der Waals surface area contributed by atoms with Crippen LogP contribution in [-0.4, -0.2) is 41.3 Å². The molecule has 2 amide bonds. The highest BCUT2D eigenvalue weighted by molar-refractivity contribution is 6.30. The maximum atomic E-state index is 12.5. The molecule has 1 aromatic heterocycles. The van der Waals surface area contributed by atoms with E-state index in [1.54, 1.807) is 0 Å². The van der Waals surface area contributed by atoms with E-state index in [4.69, 9.17) is 11.6 Å². The zero-order chi connectivity index (χ0) is 21.6. The number of amides is 2. The highest BCUT2D eigenvalue weighted by atomic mass is 35.5. The molecular weight excluding hydrogens is 410 g/mol. The lowest BCUT2D eigenvalue weighted by Gasteiger charge is -2.26. The molecule has 0 bridgehead atoms. The number of benzene rings is 2. The molecule has 6 heteroatoms. The minimum Gasteiger partial charge on any atom is -0.361 e. The molecule has 0 saturated carbocycles. The van der Waals surface area contributed by atoms with Crippen molar-refractivity contribution in [2.24, 2.45) is 0 Å². The van der Waals surface area contributed by atoms with Gasteiger partial charge >= 0.3 is 0 Å². The fraction of sp³-hybridized carbons (Fsp3) is 0.280. The number of H-pyrrole nitrogens is 1. The second-order valence-electron chi connectivity index (χ2n) is 7.79. The summed E-state index contributed by atoms with van der Waals surface area (Å²) in [6, 6.07) is 15.8. The number of carbonyl (C=O) groups is 2. The second kappa shape index (κ2) is 9.84. The number of hydrogen-bond acceptors (Lipinski definition) is 2. The Labute approximate surface area is 187 Å². The minimum atomic E-state index is -0.0886. The Hall–Kier alpha value is -3.05. The number of nitrogens with one attached hydrogen (secondary N) is 2. The maximum absolute atomic E-state index is 12.5. The summed E-state index contributed by atoms with van der Waals surface area (Å²) in [6.45, 7) is 1.82. The summed E-state index contributed by atoms with van der Waals surface area (Å²) in [5.74, 6) is -0.0589. The SMILES string of the molecule is O=C(CCC(=O)N1CC=C(c2c[nH]c3ccccc23)CC1)NCCc1ccc(Cl)cc1. The van der Waals surface area contributed by atoms with E-state index in [1.165, 1.54) is 16.5 Å². The topological polar surface area (TPSA) is 65.2 Å². The van der Waals surface area contributed by atoms with Gasteiger partial charge in [0.1, 0.15) is 0 Å². The first-order chi connectivity index (χ1) is 15.1. The van der Waals surface area contributed by atoms with E-state index in [0.29, 0.717) is 24.7 Å². The summed E-state index contributed by atoms with van der Waals surface area (Å²) in [6.07, 6.45) is 6.19. The van der Waals surface area contributed by atoms with Gasteiger partial charge in [-0.3, -0.25) is 9.59 Å². The van der Waals surface area contributed by atoms with Gasteiger partial charge in [0.05, 0.1) is 0 Å². The molecule has 31 heavy (non-hydrogen) atoms. The highest BCUT2D eigenvalue weighted by Gasteiger charge is 2.20. The smallest absolute Gasteiger partial charge is 0.223 e. The molecule has 0 unspecified atom stereocenters. The molecule has 4 rings (SSSR count). The normalized spacial score (nSPS) is 13.8. The van der Waals surface area contributed by atoms with Crippen LogP contribution in [0, 0.1) is 0 Å². The molecule has 3 aromatic rings. The summed E-state index contributed by atoms with van der Waals surface area (Å²) in [4.78, 5) is 29.8. The van der Waals surface area contributed by atoms with E-state index >= 15 is 0 Å². The van der Waals surface area contributed by atoms with Crippen molar-refractivity contribution in [3.8, 4) is 0 Å². The van der Waals surface area contributed by atoms with Gasteiger partial charge in [-0.05, 0) is 42.2 Å². The molecule has 0 atom stereocenters. The molecule has 5 nitrogen and oxygen atoms in total. The molecule has 0 saturated heterocycles. The lowest BCUT2D eigenvalue weighted by atomic mass is 9.98. The minimum absolute atomic E-state index is 0.0297. The van der Waals surface area contributed by atoms with E-state index in [-0.39, 0.29) is 24.7 Å². The summed E-state index contributed by atoms with van der Waals surface area (Å²) in [5, 5.41) is 4.80. The van der Waals surface area contributed by atoms with Gasteiger partial charge in [0, 0.05) is 60.2 Å². The van der Waals surface area contributed by atoms with Crippen LogP contribution < -0.4 is 5.32 Å². The Balaban J connectivity index is 1.21. The largest absolute Gasteiger partial charge is 0.361 e. The van der Waals surface area contributed by atoms with E-state index < -0.39 is 0 Å². The third kappa shape index (κ3) is 5.36. The van der Waals surface area contributed by atoms with Crippen LogP contribution in [0.1, 0.15) is 30.4 Å². The second-order valence-corrected chi connectivity index (χ2v) is 8.23. The van der Waals surface area contributed by atoms with Crippen LogP contribution in [0.3, 0.4) is 0 Å². The summed E-state index contributed by atoms with van der Waals surface area (Å²) in [7, 11) is 0. The van der Waals surface area contributed by atoms with Crippen molar-refractivity contribution in [1.82, 2.24) is 15.2 Å². The average molecular weight is 436 g/mol. The van der Waals surface area contributed by atoms with Crippen molar-refractivity contribution >= 4 is 39.9 Å². The first-order valence-electron chi connectivity index (χ1n) is 10.6. The maximum Gasteiger partial charge on any atom is 0.223 e. The number of fused-ring (bicyclic) bond motifs is 1. The van der Waals surface area contributed by atoms with Gasteiger partial charge in [-0.15, -0.1) is 0 Å². The van der Waals surface area contributed by atoms with Crippen LogP contribution in [-0.2, 0) is 16.0 Å². The van der Waals surface area contributed by atoms with Gasteiger partial charge in [0.2, 0.25) is 11.8 Å². The summed E-state index contributed by atoms with van der Waals surface area (Å²) < 4.78 is 0. The monoisotopic (exact) mass is 435 g/mol. The molecule has 2 N–H and O–H groups in total. The standard InChI is InChI=1S/C25H26ClN3O2/c26-20-7-5-18(6-8-20)11-14-27-24(30)9-10-25(31)29-15-12-19(13-16-29)22-17-28-23-4-2-1-3-21(22)23/h1-8,12,17,28H,9-11,13-16H2,(H,27,30). The van der Waals surface area contributed by atoms with E-state index in [2.05, 4.69) is 28.5 Å². The molecule has 2 aromatic carbocycles. The van der Waals surface area contributed by atoms with Crippen molar-refractivity contribution in [3.63, 3.8) is 0 Å². The molecule has 1 aliphatic rings. The summed E-state index contributed by atoms with van der Waals surface area (Å²) >= 11 is 5.88. The lowest BCUT2D eigenvalue weighted by Crippen LogP contribution is -2.35. The van der Waals surface area contributed by atoms with Gasteiger partial charge in [0.15, 0.2) is 0 Å². The van der Waals surface area contributed by atoms with Gasteiger partial charge < -0.3 is 15.2 Å². The first kappa shape index (κ1) is 21.2. The zero-order valence-electron chi connectivity index (χ0n) is 17.4. The van der Waals surface area contributed by atoms with Gasteiger partial charge in [-0.25, -0.2) is 0 Å². The quantitative estimate of drug-likeness (QED) is 0.570. The number of hydrogen-bond donors (Lipinski definition) is 2. The molecule has 1 aliphatic heterocycles. The van der Waals surface area contributed by atoms with Crippen LogP contribution >= 0.6 is 11.6 Å². The van der Waals surface area contributed by atoms with Crippen LogP contribution in [0.5, 0.6) is 0 Å². The molecule has 0 aliphatic carbocycles. The molecule has 0 fully saturated rings. The molecule has 0 radical (unpaired) electrons. The van der Waals surface area contributed by atoms with Crippen molar-refractivity contribution in [2.75, 3.05) is 19.6 Å². The Morgan fingerprint density at radius 1 is 1.06 bits per heavy atom. The first-order valence-corrected chi connectivity index (χ1v) is 11.0.